The van der Waals surface area contributed by atoms with E-state index in [9.17, 15) is 4.79 Å². The average molecular weight is 226 g/mol. The van der Waals surface area contributed by atoms with Crippen molar-refractivity contribution < 1.29 is 9.53 Å². The van der Waals surface area contributed by atoms with Crippen LogP contribution in [0.1, 0.15) is 32.6 Å². The number of rotatable bonds is 1. The predicted octanol–water partition coefficient (Wildman–Crippen LogP) is 1.61. The Morgan fingerprint density at radius 2 is 2.06 bits per heavy atom. The number of hydrogen-bond donors (Lipinski definition) is 1. The van der Waals surface area contributed by atoms with Crippen molar-refractivity contribution in [2.75, 3.05) is 26.3 Å². The second-order valence-corrected chi connectivity index (χ2v) is 5.02. The van der Waals surface area contributed by atoms with Crippen LogP contribution in [-0.2, 0) is 4.74 Å². The highest BCUT2D eigenvalue weighted by Gasteiger charge is 2.23. The molecule has 4 heteroatoms. The van der Waals surface area contributed by atoms with Gasteiger partial charge in [-0.25, -0.2) is 4.79 Å². The molecule has 0 spiro atoms. The van der Waals surface area contributed by atoms with E-state index in [1.807, 2.05) is 4.90 Å². The SMILES string of the molecule is CC1CCCC(NC(=O)N2CCOCC2)C1. The Morgan fingerprint density at radius 3 is 2.75 bits per heavy atom. The molecular formula is C12H22N2O2. The summed E-state index contributed by atoms with van der Waals surface area (Å²) >= 11 is 0. The summed E-state index contributed by atoms with van der Waals surface area (Å²) in [6.07, 6.45) is 4.83. The molecule has 2 fully saturated rings. The summed E-state index contributed by atoms with van der Waals surface area (Å²) < 4.78 is 5.24. The van der Waals surface area contributed by atoms with Gasteiger partial charge in [-0.15, -0.1) is 0 Å². The predicted molar refractivity (Wildman–Crippen MR) is 62.3 cm³/mol. The minimum absolute atomic E-state index is 0.0994. The van der Waals surface area contributed by atoms with E-state index in [1.54, 1.807) is 0 Å². The first-order valence-corrected chi connectivity index (χ1v) is 6.39. The molecule has 0 aromatic rings. The van der Waals surface area contributed by atoms with Crippen molar-refractivity contribution in [3.63, 3.8) is 0 Å². The number of amides is 2. The normalized spacial score (nSPS) is 31.2. The lowest BCUT2D eigenvalue weighted by atomic mass is 9.87. The highest BCUT2D eigenvalue weighted by molar-refractivity contribution is 5.74. The largest absolute Gasteiger partial charge is 0.378 e. The average Bonchev–Trinajstić information content (AvgIpc) is 2.30. The van der Waals surface area contributed by atoms with Crippen molar-refractivity contribution in [1.82, 2.24) is 10.2 Å². The number of morpholine rings is 1. The number of carbonyl (C=O) groups is 1. The van der Waals surface area contributed by atoms with E-state index in [0.717, 1.165) is 31.8 Å². The van der Waals surface area contributed by atoms with E-state index in [4.69, 9.17) is 4.74 Å². The van der Waals surface area contributed by atoms with Crippen LogP contribution >= 0.6 is 0 Å². The Kier molecular flexibility index (Phi) is 4.04. The molecule has 1 aliphatic carbocycles. The molecule has 0 bridgehead atoms. The molecule has 92 valence electrons. The van der Waals surface area contributed by atoms with Crippen LogP contribution < -0.4 is 5.32 Å². The van der Waals surface area contributed by atoms with Crippen LogP contribution in [0.2, 0.25) is 0 Å². The first-order chi connectivity index (χ1) is 7.75. The zero-order valence-corrected chi connectivity index (χ0v) is 10.1. The van der Waals surface area contributed by atoms with Gasteiger partial charge in [-0.2, -0.15) is 0 Å². The molecule has 1 saturated heterocycles. The minimum Gasteiger partial charge on any atom is -0.378 e. The van der Waals surface area contributed by atoms with Gasteiger partial charge in [0.15, 0.2) is 0 Å². The second kappa shape index (κ2) is 5.53. The molecule has 2 atom stereocenters. The highest BCUT2D eigenvalue weighted by atomic mass is 16.5. The Balaban J connectivity index is 1.77. The maximum absolute atomic E-state index is 11.9. The van der Waals surface area contributed by atoms with E-state index in [2.05, 4.69) is 12.2 Å². The lowest BCUT2D eigenvalue weighted by Gasteiger charge is -2.32. The summed E-state index contributed by atoms with van der Waals surface area (Å²) in [5.41, 5.74) is 0. The van der Waals surface area contributed by atoms with Crippen molar-refractivity contribution in [2.45, 2.75) is 38.6 Å². The first kappa shape index (κ1) is 11.7. The maximum atomic E-state index is 11.9. The van der Waals surface area contributed by atoms with Gasteiger partial charge >= 0.3 is 6.03 Å². The fraction of sp³-hybridized carbons (Fsp3) is 0.917. The smallest absolute Gasteiger partial charge is 0.317 e. The molecule has 2 rings (SSSR count). The summed E-state index contributed by atoms with van der Waals surface area (Å²) in [6.45, 7) is 5.08. The number of carbonyl (C=O) groups excluding carboxylic acids is 1. The summed E-state index contributed by atoms with van der Waals surface area (Å²) in [5, 5.41) is 3.15. The van der Waals surface area contributed by atoms with Crippen LogP contribution in [0, 0.1) is 5.92 Å². The number of urea groups is 1. The molecule has 2 amide bonds. The number of hydrogen-bond acceptors (Lipinski definition) is 2. The van der Waals surface area contributed by atoms with E-state index in [1.165, 1.54) is 12.8 Å². The molecule has 2 unspecified atom stereocenters. The van der Waals surface area contributed by atoms with Gasteiger partial charge in [0, 0.05) is 19.1 Å². The molecule has 2 aliphatic rings. The maximum Gasteiger partial charge on any atom is 0.317 e. The van der Waals surface area contributed by atoms with Gasteiger partial charge in [-0.05, 0) is 18.8 Å². The van der Waals surface area contributed by atoms with Crippen LogP contribution in [0.3, 0.4) is 0 Å². The summed E-state index contributed by atoms with van der Waals surface area (Å²) in [4.78, 5) is 13.8. The van der Waals surface area contributed by atoms with E-state index in [-0.39, 0.29) is 6.03 Å². The van der Waals surface area contributed by atoms with Gasteiger partial charge in [0.05, 0.1) is 13.2 Å². The van der Waals surface area contributed by atoms with E-state index in [0.29, 0.717) is 19.3 Å². The van der Waals surface area contributed by atoms with Gasteiger partial charge in [0.2, 0.25) is 0 Å². The quantitative estimate of drug-likeness (QED) is 0.738. The van der Waals surface area contributed by atoms with Crippen molar-refractivity contribution in [3.05, 3.63) is 0 Å². The van der Waals surface area contributed by atoms with Crippen molar-refractivity contribution in [2.24, 2.45) is 5.92 Å². The molecule has 0 aromatic heterocycles. The summed E-state index contributed by atoms with van der Waals surface area (Å²) in [7, 11) is 0. The summed E-state index contributed by atoms with van der Waals surface area (Å²) in [5.74, 6) is 0.753. The Morgan fingerprint density at radius 1 is 1.31 bits per heavy atom. The van der Waals surface area contributed by atoms with Crippen LogP contribution in [0.4, 0.5) is 4.79 Å². The first-order valence-electron chi connectivity index (χ1n) is 6.39. The number of nitrogens with zero attached hydrogens (tertiary/aromatic N) is 1. The standard InChI is InChI=1S/C12H22N2O2/c1-10-3-2-4-11(9-10)13-12(15)14-5-7-16-8-6-14/h10-11H,2-9H2,1H3,(H,13,15). The molecule has 0 radical (unpaired) electrons. The topological polar surface area (TPSA) is 41.6 Å². The number of nitrogens with one attached hydrogen (secondary N) is 1. The highest BCUT2D eigenvalue weighted by Crippen LogP contribution is 2.23. The third-order valence-electron chi connectivity index (χ3n) is 3.56. The third-order valence-corrected chi connectivity index (χ3v) is 3.56. The van der Waals surface area contributed by atoms with Crippen LogP contribution in [0.25, 0.3) is 0 Å². The zero-order valence-electron chi connectivity index (χ0n) is 10.1. The molecule has 1 N–H and O–H groups in total. The fourth-order valence-corrected chi connectivity index (χ4v) is 2.60. The van der Waals surface area contributed by atoms with Gasteiger partial charge in [0.1, 0.15) is 0 Å². The lowest BCUT2D eigenvalue weighted by Crippen LogP contribution is -2.50. The second-order valence-electron chi connectivity index (χ2n) is 5.02. The minimum atomic E-state index is 0.0994. The Bertz CT molecular complexity index is 239. The van der Waals surface area contributed by atoms with Crippen LogP contribution in [0.5, 0.6) is 0 Å². The van der Waals surface area contributed by atoms with E-state index < -0.39 is 0 Å². The third kappa shape index (κ3) is 3.11. The summed E-state index contributed by atoms with van der Waals surface area (Å²) in [6, 6.07) is 0.487. The molecular weight excluding hydrogens is 204 g/mol. The lowest BCUT2D eigenvalue weighted by molar-refractivity contribution is 0.0519. The van der Waals surface area contributed by atoms with Crippen molar-refractivity contribution >= 4 is 6.03 Å². The van der Waals surface area contributed by atoms with Crippen LogP contribution in [-0.4, -0.2) is 43.3 Å². The Labute approximate surface area is 97.3 Å². The molecule has 1 saturated carbocycles. The molecule has 0 aromatic carbocycles. The molecule has 1 heterocycles. The van der Waals surface area contributed by atoms with Gasteiger partial charge < -0.3 is 15.0 Å². The van der Waals surface area contributed by atoms with Crippen LogP contribution in [0.15, 0.2) is 0 Å². The van der Waals surface area contributed by atoms with E-state index >= 15 is 0 Å². The van der Waals surface area contributed by atoms with Crippen molar-refractivity contribution in [1.29, 1.82) is 0 Å². The van der Waals surface area contributed by atoms with Gasteiger partial charge in [0.25, 0.3) is 0 Å². The molecule has 16 heavy (non-hydrogen) atoms. The Hall–Kier alpha value is -0.770. The number of ether oxygens (including phenoxy) is 1. The fourth-order valence-electron chi connectivity index (χ4n) is 2.60. The van der Waals surface area contributed by atoms with Gasteiger partial charge in [-0.1, -0.05) is 19.8 Å². The van der Waals surface area contributed by atoms with Crippen molar-refractivity contribution in [3.8, 4) is 0 Å². The zero-order chi connectivity index (χ0) is 11.4. The molecule has 4 nitrogen and oxygen atoms in total. The monoisotopic (exact) mass is 226 g/mol. The molecule has 1 aliphatic heterocycles. The van der Waals surface area contributed by atoms with Gasteiger partial charge in [-0.3, -0.25) is 0 Å².